The first-order valence-corrected chi connectivity index (χ1v) is 7.46. The zero-order valence-corrected chi connectivity index (χ0v) is 13.9. The van der Waals surface area contributed by atoms with Crippen molar-refractivity contribution < 1.29 is 14.6 Å². The molecule has 0 radical (unpaired) electrons. The molecule has 0 bridgehead atoms. The summed E-state index contributed by atoms with van der Waals surface area (Å²) in [6.45, 7) is 6.98. The number of phenols is 1. The molecule has 0 saturated carbocycles. The van der Waals surface area contributed by atoms with Gasteiger partial charge in [-0.25, -0.2) is 4.79 Å². The molecule has 0 atom stereocenters. The maximum absolute atomic E-state index is 11.4. The molecular weight excluding hydrogens is 304 g/mol. The lowest BCUT2D eigenvalue weighted by molar-refractivity contribution is 0.0534. The molecule has 1 aromatic carbocycles. The minimum absolute atomic E-state index is 0.104. The van der Waals surface area contributed by atoms with Gasteiger partial charge in [-0.2, -0.15) is 0 Å². The summed E-state index contributed by atoms with van der Waals surface area (Å²) in [5.41, 5.74) is 0.252. The van der Waals surface area contributed by atoms with Gasteiger partial charge in [0, 0.05) is 25.2 Å². The lowest BCUT2D eigenvalue weighted by Crippen LogP contribution is -2.32. The van der Waals surface area contributed by atoms with E-state index in [2.05, 4.69) is 10.6 Å². The van der Waals surface area contributed by atoms with Gasteiger partial charge in [0.2, 0.25) is 0 Å². The second kappa shape index (κ2) is 8.66. The van der Waals surface area contributed by atoms with E-state index in [1.807, 2.05) is 39.0 Å². The third kappa shape index (κ3) is 7.33. The van der Waals surface area contributed by atoms with E-state index in [0.29, 0.717) is 24.7 Å². The van der Waals surface area contributed by atoms with E-state index in [4.69, 9.17) is 16.3 Å². The first kappa shape index (κ1) is 18.3. The number of carbonyl (C=O) groups is 1. The summed E-state index contributed by atoms with van der Waals surface area (Å²) < 4.78 is 5.11. The summed E-state index contributed by atoms with van der Waals surface area (Å²) in [6.07, 6.45) is 3.28. The van der Waals surface area contributed by atoms with Crippen LogP contribution in [0.2, 0.25) is 5.02 Å². The number of hydrogen-bond donors (Lipinski definition) is 3. The summed E-state index contributed by atoms with van der Waals surface area (Å²) >= 11 is 5.83. The molecule has 22 heavy (non-hydrogen) atoms. The Morgan fingerprint density at radius 2 is 2.00 bits per heavy atom. The largest absolute Gasteiger partial charge is 0.506 e. The Morgan fingerprint density at radius 1 is 1.32 bits per heavy atom. The number of para-hydroxylation sites is 1. The summed E-state index contributed by atoms with van der Waals surface area (Å²) in [5, 5.41) is 15.9. The predicted octanol–water partition coefficient (Wildman–Crippen LogP) is 3.22. The van der Waals surface area contributed by atoms with Gasteiger partial charge in [0.1, 0.15) is 11.4 Å². The number of alkyl carbamates (subject to hydrolysis) is 1. The lowest BCUT2D eigenvalue weighted by atomic mass is 10.2. The number of benzene rings is 1. The van der Waals surface area contributed by atoms with Gasteiger partial charge in [0.15, 0.2) is 0 Å². The van der Waals surface area contributed by atoms with Crippen LogP contribution in [0, 0.1) is 0 Å². The summed E-state index contributed by atoms with van der Waals surface area (Å²) in [4.78, 5) is 11.4. The van der Waals surface area contributed by atoms with Gasteiger partial charge in [0.05, 0.1) is 5.02 Å². The van der Waals surface area contributed by atoms with Crippen molar-refractivity contribution in [3.63, 3.8) is 0 Å². The molecule has 0 unspecified atom stereocenters. The van der Waals surface area contributed by atoms with E-state index in [1.54, 1.807) is 12.1 Å². The number of carbonyl (C=O) groups excluding carboxylic acids is 1. The van der Waals surface area contributed by atoms with Crippen LogP contribution in [0.4, 0.5) is 4.79 Å². The van der Waals surface area contributed by atoms with Crippen molar-refractivity contribution in [3.8, 4) is 5.75 Å². The van der Waals surface area contributed by atoms with Crippen molar-refractivity contribution in [2.45, 2.75) is 32.9 Å². The lowest BCUT2D eigenvalue weighted by Gasteiger charge is -2.19. The third-order valence-corrected chi connectivity index (χ3v) is 2.88. The van der Waals surface area contributed by atoms with Crippen molar-refractivity contribution in [1.82, 2.24) is 10.6 Å². The number of aromatic hydroxyl groups is 1. The van der Waals surface area contributed by atoms with E-state index >= 15 is 0 Å². The van der Waals surface area contributed by atoms with Crippen molar-refractivity contribution in [1.29, 1.82) is 0 Å². The molecule has 1 amide bonds. The second-order valence-electron chi connectivity index (χ2n) is 5.73. The highest BCUT2D eigenvalue weighted by atomic mass is 35.5. The van der Waals surface area contributed by atoms with E-state index in [-0.39, 0.29) is 5.75 Å². The van der Waals surface area contributed by atoms with E-state index in [9.17, 15) is 9.90 Å². The number of hydrogen-bond acceptors (Lipinski definition) is 4. The first-order valence-electron chi connectivity index (χ1n) is 7.08. The van der Waals surface area contributed by atoms with Gasteiger partial charge in [-0.15, -0.1) is 0 Å². The zero-order chi connectivity index (χ0) is 16.6. The molecule has 0 aliphatic carbocycles. The molecule has 0 saturated heterocycles. The van der Waals surface area contributed by atoms with Crippen LogP contribution in [0.1, 0.15) is 26.3 Å². The molecule has 122 valence electrons. The molecule has 0 heterocycles. The van der Waals surface area contributed by atoms with Gasteiger partial charge < -0.3 is 20.5 Å². The Morgan fingerprint density at radius 3 is 2.68 bits per heavy atom. The molecule has 0 fully saturated rings. The molecule has 0 aliphatic heterocycles. The fourth-order valence-electron chi connectivity index (χ4n) is 1.62. The Bertz CT molecular complexity index is 525. The highest BCUT2D eigenvalue weighted by Crippen LogP contribution is 2.26. The van der Waals surface area contributed by atoms with Crippen molar-refractivity contribution in [2.75, 3.05) is 13.1 Å². The van der Waals surface area contributed by atoms with E-state index in [1.165, 1.54) is 0 Å². The third-order valence-electron chi connectivity index (χ3n) is 2.58. The number of halogens is 1. The summed E-state index contributed by atoms with van der Waals surface area (Å²) in [6, 6.07) is 5.24. The van der Waals surface area contributed by atoms with Gasteiger partial charge in [-0.05, 0) is 26.8 Å². The summed E-state index contributed by atoms with van der Waals surface area (Å²) in [7, 11) is 0. The van der Waals surface area contributed by atoms with Crippen LogP contribution in [0.15, 0.2) is 30.4 Å². The second-order valence-corrected chi connectivity index (χ2v) is 6.14. The fraction of sp³-hybridized carbons (Fsp3) is 0.438. The topological polar surface area (TPSA) is 70.6 Å². The Labute approximate surface area is 136 Å². The van der Waals surface area contributed by atoms with E-state index in [0.717, 1.165) is 5.56 Å². The molecule has 5 nitrogen and oxygen atoms in total. The minimum atomic E-state index is -0.492. The molecule has 0 aliphatic rings. The molecule has 3 N–H and O–H groups in total. The Hall–Kier alpha value is -1.72. The number of phenolic OH excluding ortho intramolecular Hbond substituents is 1. The highest BCUT2D eigenvalue weighted by molar-refractivity contribution is 6.32. The molecular formula is C16H23ClN2O3. The average Bonchev–Trinajstić information content (AvgIpc) is 2.40. The fourth-order valence-corrected chi connectivity index (χ4v) is 1.81. The van der Waals surface area contributed by atoms with E-state index < -0.39 is 11.7 Å². The quantitative estimate of drug-likeness (QED) is 0.554. The van der Waals surface area contributed by atoms with Crippen molar-refractivity contribution in [3.05, 3.63) is 40.9 Å². The maximum Gasteiger partial charge on any atom is 0.407 e. The average molecular weight is 327 g/mol. The Balaban J connectivity index is 2.19. The molecule has 0 aromatic heterocycles. The van der Waals surface area contributed by atoms with Gasteiger partial charge in [-0.3, -0.25) is 0 Å². The van der Waals surface area contributed by atoms with Crippen LogP contribution in [0.3, 0.4) is 0 Å². The normalized spacial score (nSPS) is 11.6. The standard InChI is InChI=1S/C16H23ClN2O3/c1-16(2,3)22-15(21)19-10-5-4-9-18-11-12-7-6-8-13(17)14(12)20/h4-8,18,20H,9-11H2,1-3H3,(H,19,21)/b5-4+. The number of nitrogens with one attached hydrogen (secondary N) is 2. The summed E-state index contributed by atoms with van der Waals surface area (Å²) in [5.74, 6) is 0.104. The Kier molecular flexibility index (Phi) is 7.21. The minimum Gasteiger partial charge on any atom is -0.506 e. The molecule has 1 aromatic rings. The van der Waals surface area contributed by atoms with Crippen LogP contribution in [0.5, 0.6) is 5.75 Å². The molecule has 1 rings (SSSR count). The van der Waals surface area contributed by atoms with Crippen LogP contribution in [-0.4, -0.2) is 29.9 Å². The maximum atomic E-state index is 11.4. The van der Waals surface area contributed by atoms with Crippen molar-refractivity contribution >= 4 is 17.7 Å². The van der Waals surface area contributed by atoms with Crippen LogP contribution in [0.25, 0.3) is 0 Å². The highest BCUT2D eigenvalue weighted by Gasteiger charge is 2.14. The first-order chi connectivity index (χ1) is 10.3. The smallest absolute Gasteiger partial charge is 0.407 e. The zero-order valence-electron chi connectivity index (χ0n) is 13.1. The predicted molar refractivity (Wildman–Crippen MR) is 88.2 cm³/mol. The SMILES string of the molecule is CC(C)(C)OC(=O)NC/C=C/CNCc1cccc(Cl)c1O. The van der Waals surface area contributed by atoms with Gasteiger partial charge >= 0.3 is 6.09 Å². The van der Waals surface area contributed by atoms with Crippen LogP contribution < -0.4 is 10.6 Å². The van der Waals surface area contributed by atoms with Gasteiger partial charge in [-0.1, -0.05) is 35.9 Å². The molecule has 6 heteroatoms. The van der Waals surface area contributed by atoms with Crippen molar-refractivity contribution in [2.24, 2.45) is 0 Å². The number of rotatable bonds is 6. The number of ether oxygens (including phenoxy) is 1. The van der Waals surface area contributed by atoms with Crippen LogP contribution in [-0.2, 0) is 11.3 Å². The van der Waals surface area contributed by atoms with Gasteiger partial charge in [0.25, 0.3) is 0 Å². The monoisotopic (exact) mass is 326 g/mol. The molecule has 0 spiro atoms. The number of amides is 1. The van der Waals surface area contributed by atoms with Crippen LogP contribution >= 0.6 is 11.6 Å².